The lowest BCUT2D eigenvalue weighted by Crippen LogP contribution is -2.36. The molecule has 4 rings (SSSR count). The quantitative estimate of drug-likeness (QED) is 0.769. The predicted molar refractivity (Wildman–Crippen MR) is 110 cm³/mol. The zero-order valence-electron chi connectivity index (χ0n) is 16.0. The van der Waals surface area contributed by atoms with Gasteiger partial charge in [0.25, 0.3) is 0 Å². The number of ketones is 1. The number of carbonyl (C=O) groups is 1. The Morgan fingerprint density at radius 1 is 1.21 bits per heavy atom. The summed E-state index contributed by atoms with van der Waals surface area (Å²) in [6.45, 7) is 4.22. The van der Waals surface area contributed by atoms with Crippen molar-refractivity contribution in [3.8, 4) is 6.07 Å². The molecule has 1 atom stereocenters. The van der Waals surface area contributed by atoms with Gasteiger partial charge in [0.05, 0.1) is 28.9 Å². The van der Waals surface area contributed by atoms with Crippen LogP contribution in [0.4, 0.5) is 0 Å². The van der Waals surface area contributed by atoms with E-state index in [-0.39, 0.29) is 11.2 Å². The highest BCUT2D eigenvalue weighted by Gasteiger charge is 2.42. The van der Waals surface area contributed by atoms with E-state index < -0.39 is 5.92 Å². The van der Waals surface area contributed by atoms with Crippen LogP contribution in [-0.2, 0) is 10.5 Å². The lowest BCUT2D eigenvalue weighted by Gasteiger charge is -2.38. The first kappa shape index (κ1) is 18.6. The van der Waals surface area contributed by atoms with Crippen molar-refractivity contribution in [1.82, 2.24) is 5.32 Å². The van der Waals surface area contributed by atoms with Gasteiger partial charge in [-0.25, -0.2) is 0 Å². The fraction of sp³-hybridized carbons (Fsp3) is 0.304. The van der Waals surface area contributed by atoms with Crippen LogP contribution in [0.25, 0.3) is 0 Å². The standard InChI is InChI=1S/C23H22N2O2S/c1-23(2)11-17-21(18(26)12-23)20(19-9-6-10-27-19)16(13-24)22(25-17)28-14-15-7-4-3-5-8-15/h3-10,20,25H,11-12,14H2,1-2H3/t20-/m1/s1. The minimum atomic E-state index is -0.432. The molecule has 1 aromatic carbocycles. The molecule has 28 heavy (non-hydrogen) atoms. The molecule has 2 aliphatic rings. The average Bonchev–Trinajstić information content (AvgIpc) is 3.19. The van der Waals surface area contributed by atoms with Crippen molar-refractivity contribution < 1.29 is 9.21 Å². The first-order valence-corrected chi connectivity index (χ1v) is 10.3. The van der Waals surface area contributed by atoms with Crippen LogP contribution in [-0.4, -0.2) is 5.78 Å². The van der Waals surface area contributed by atoms with Crippen LogP contribution in [0, 0.1) is 16.7 Å². The minimum absolute atomic E-state index is 0.0972. The predicted octanol–water partition coefficient (Wildman–Crippen LogP) is 5.28. The fourth-order valence-corrected chi connectivity index (χ4v) is 4.98. The smallest absolute Gasteiger partial charge is 0.162 e. The van der Waals surface area contributed by atoms with E-state index in [0.29, 0.717) is 23.3 Å². The highest BCUT2D eigenvalue weighted by Crippen LogP contribution is 2.48. The summed E-state index contributed by atoms with van der Waals surface area (Å²) in [7, 11) is 0. The van der Waals surface area contributed by atoms with Crippen molar-refractivity contribution in [2.75, 3.05) is 0 Å². The van der Waals surface area contributed by atoms with E-state index in [1.165, 1.54) is 5.56 Å². The largest absolute Gasteiger partial charge is 0.468 e. The molecular formula is C23H22N2O2S. The molecule has 0 spiro atoms. The lowest BCUT2D eigenvalue weighted by atomic mass is 9.70. The molecule has 142 valence electrons. The Morgan fingerprint density at radius 3 is 2.68 bits per heavy atom. The zero-order chi connectivity index (χ0) is 19.7. The highest BCUT2D eigenvalue weighted by atomic mass is 32.2. The van der Waals surface area contributed by atoms with Gasteiger partial charge in [-0.05, 0) is 29.5 Å². The van der Waals surface area contributed by atoms with Gasteiger partial charge in [0.2, 0.25) is 0 Å². The number of benzene rings is 1. The third-order valence-corrected chi connectivity index (χ3v) is 6.27. The van der Waals surface area contributed by atoms with Crippen LogP contribution < -0.4 is 5.32 Å². The fourth-order valence-electron chi connectivity index (χ4n) is 3.96. The number of hydrogen-bond acceptors (Lipinski definition) is 5. The molecule has 5 heteroatoms. The summed E-state index contributed by atoms with van der Waals surface area (Å²) in [4.78, 5) is 13.0. The van der Waals surface area contributed by atoms with Gasteiger partial charge in [-0.3, -0.25) is 4.79 Å². The van der Waals surface area contributed by atoms with Gasteiger partial charge in [-0.15, -0.1) is 11.8 Å². The molecule has 2 heterocycles. The molecule has 1 aliphatic carbocycles. The first-order valence-electron chi connectivity index (χ1n) is 9.36. The van der Waals surface area contributed by atoms with Crippen molar-refractivity contribution >= 4 is 17.5 Å². The molecule has 0 radical (unpaired) electrons. The van der Waals surface area contributed by atoms with Crippen LogP contribution in [0.5, 0.6) is 0 Å². The summed E-state index contributed by atoms with van der Waals surface area (Å²) < 4.78 is 5.66. The van der Waals surface area contributed by atoms with Crippen LogP contribution in [0.3, 0.4) is 0 Å². The van der Waals surface area contributed by atoms with Crippen LogP contribution in [0.15, 0.2) is 75.0 Å². The van der Waals surface area contributed by atoms with Crippen molar-refractivity contribution in [1.29, 1.82) is 5.26 Å². The van der Waals surface area contributed by atoms with E-state index in [4.69, 9.17) is 4.42 Å². The second-order valence-corrected chi connectivity index (χ2v) is 9.02. The molecule has 0 saturated heterocycles. The number of rotatable bonds is 4. The number of nitrogens with zero attached hydrogens (tertiary/aromatic N) is 1. The summed E-state index contributed by atoms with van der Waals surface area (Å²) in [5.41, 5.74) is 3.26. The Hall–Kier alpha value is -2.71. The number of nitriles is 1. The molecule has 0 bridgehead atoms. The normalized spacial score (nSPS) is 21.2. The summed E-state index contributed by atoms with van der Waals surface area (Å²) in [6, 6.07) is 16.2. The maximum atomic E-state index is 13.0. The maximum absolute atomic E-state index is 13.0. The van der Waals surface area contributed by atoms with E-state index >= 15 is 0 Å². The zero-order valence-corrected chi connectivity index (χ0v) is 16.8. The molecule has 1 N–H and O–H groups in total. The van der Waals surface area contributed by atoms with Gasteiger partial charge in [-0.2, -0.15) is 5.26 Å². The number of allylic oxidation sites excluding steroid dienone is 3. The Morgan fingerprint density at radius 2 is 2.00 bits per heavy atom. The van der Waals surface area contributed by atoms with Gasteiger partial charge in [0.15, 0.2) is 5.78 Å². The van der Waals surface area contributed by atoms with Gasteiger partial charge >= 0.3 is 0 Å². The number of thioether (sulfide) groups is 1. The molecule has 1 aromatic heterocycles. The van der Waals surface area contributed by atoms with E-state index in [2.05, 4.69) is 37.4 Å². The Labute approximate surface area is 169 Å². The Kier molecular flexibility index (Phi) is 4.91. The lowest BCUT2D eigenvalue weighted by molar-refractivity contribution is -0.118. The van der Waals surface area contributed by atoms with Crippen molar-refractivity contribution in [3.63, 3.8) is 0 Å². The molecular weight excluding hydrogens is 368 g/mol. The summed E-state index contributed by atoms with van der Waals surface area (Å²) in [6.07, 6.45) is 2.86. The monoisotopic (exact) mass is 390 g/mol. The SMILES string of the molecule is CC1(C)CC(=O)C2=C(C1)NC(SCc1ccccc1)=C(C#N)[C@@H]2c1ccco1. The molecule has 0 fully saturated rings. The number of Topliss-reactive ketones (excluding diaryl/α,β-unsaturated/α-hetero) is 1. The van der Waals surface area contributed by atoms with Gasteiger partial charge in [0, 0.05) is 23.4 Å². The van der Waals surface area contributed by atoms with Crippen molar-refractivity contribution in [2.24, 2.45) is 5.41 Å². The van der Waals surface area contributed by atoms with Crippen molar-refractivity contribution in [2.45, 2.75) is 38.4 Å². The van der Waals surface area contributed by atoms with E-state index in [1.54, 1.807) is 24.1 Å². The molecule has 0 amide bonds. The number of furan rings is 1. The van der Waals surface area contributed by atoms with Gasteiger partial charge in [-0.1, -0.05) is 44.2 Å². The van der Waals surface area contributed by atoms with E-state index in [0.717, 1.165) is 22.9 Å². The summed E-state index contributed by atoms with van der Waals surface area (Å²) >= 11 is 1.60. The molecule has 2 aromatic rings. The highest BCUT2D eigenvalue weighted by molar-refractivity contribution is 8.02. The van der Waals surface area contributed by atoms with Crippen LogP contribution >= 0.6 is 11.8 Å². The topological polar surface area (TPSA) is 66.0 Å². The summed E-state index contributed by atoms with van der Waals surface area (Å²) in [5.74, 6) is 1.06. The van der Waals surface area contributed by atoms with Crippen LogP contribution in [0.1, 0.15) is 43.9 Å². The Balaban J connectivity index is 1.74. The van der Waals surface area contributed by atoms with Crippen molar-refractivity contribution in [3.05, 3.63) is 81.9 Å². The van der Waals surface area contributed by atoms with E-state index in [1.807, 2.05) is 24.3 Å². The second-order valence-electron chi connectivity index (χ2n) is 8.04. The number of carbonyl (C=O) groups excluding carboxylic acids is 1. The van der Waals surface area contributed by atoms with Gasteiger partial charge < -0.3 is 9.73 Å². The average molecular weight is 391 g/mol. The first-order chi connectivity index (χ1) is 13.5. The third-order valence-electron chi connectivity index (χ3n) is 5.18. The molecule has 4 nitrogen and oxygen atoms in total. The number of nitrogens with one attached hydrogen (secondary N) is 1. The number of hydrogen-bond donors (Lipinski definition) is 1. The Bertz CT molecular complexity index is 995. The van der Waals surface area contributed by atoms with Gasteiger partial charge in [0.1, 0.15) is 5.76 Å². The third kappa shape index (κ3) is 3.53. The number of dihydropyridines is 1. The second kappa shape index (κ2) is 7.37. The molecule has 0 saturated carbocycles. The van der Waals surface area contributed by atoms with Crippen LogP contribution in [0.2, 0.25) is 0 Å². The minimum Gasteiger partial charge on any atom is -0.468 e. The summed E-state index contributed by atoms with van der Waals surface area (Å²) in [5, 5.41) is 14.2. The molecule has 1 aliphatic heterocycles. The molecule has 0 unspecified atom stereocenters. The maximum Gasteiger partial charge on any atom is 0.162 e. The van der Waals surface area contributed by atoms with E-state index in [9.17, 15) is 10.1 Å².